The quantitative estimate of drug-likeness (QED) is 0.600. The molecule has 94 valence electrons. The molecular weight excluding hydrogens is 219 g/mol. The Labute approximate surface area is 93.5 Å². The summed E-state index contributed by atoms with van der Waals surface area (Å²) in [5.74, 6) is 0.319. The minimum atomic E-state index is -4.22. The van der Waals surface area contributed by atoms with E-state index in [1.807, 2.05) is 13.8 Å². The van der Waals surface area contributed by atoms with Crippen LogP contribution in [0.15, 0.2) is 4.99 Å². The smallest absolute Gasteiger partial charge is 0.370 e. The number of hydrogen-bond donors (Lipinski definition) is 1. The third-order valence-electron chi connectivity index (χ3n) is 2.25. The van der Waals surface area contributed by atoms with Crippen molar-refractivity contribution in [2.75, 3.05) is 13.1 Å². The van der Waals surface area contributed by atoms with Gasteiger partial charge in [-0.2, -0.15) is 13.2 Å². The van der Waals surface area contributed by atoms with Gasteiger partial charge in [-0.05, 0) is 18.8 Å². The molecule has 0 spiro atoms. The molecule has 3 nitrogen and oxygen atoms in total. The third-order valence-corrected chi connectivity index (χ3v) is 2.25. The molecule has 1 saturated carbocycles. The van der Waals surface area contributed by atoms with Crippen LogP contribution in [0.3, 0.4) is 0 Å². The van der Waals surface area contributed by atoms with Gasteiger partial charge in [0.25, 0.3) is 0 Å². The molecule has 0 aromatic carbocycles. The number of aliphatic imine (C=N–C) groups is 1. The Morgan fingerprint density at radius 1 is 1.44 bits per heavy atom. The first-order valence-corrected chi connectivity index (χ1v) is 5.43. The zero-order chi connectivity index (χ0) is 12.3. The van der Waals surface area contributed by atoms with E-state index in [-0.39, 0.29) is 12.0 Å². The van der Waals surface area contributed by atoms with Crippen LogP contribution in [0, 0.1) is 5.92 Å². The highest BCUT2D eigenvalue weighted by Crippen LogP contribution is 2.29. The van der Waals surface area contributed by atoms with E-state index in [9.17, 15) is 13.2 Å². The predicted octanol–water partition coefficient (Wildman–Crippen LogP) is 1.98. The molecule has 0 aromatic rings. The monoisotopic (exact) mass is 237 g/mol. The second kappa shape index (κ2) is 4.93. The van der Waals surface area contributed by atoms with Gasteiger partial charge in [-0.15, -0.1) is 0 Å². The number of nitrogens with zero attached hydrogens (tertiary/aromatic N) is 2. The Bertz CT molecular complexity index is 257. The minimum Gasteiger partial charge on any atom is -0.370 e. The standard InChI is InChI=1S/C10H18F3N3/c1-7(2)5-15-9(14)16(8-3-4-8)6-10(11,12)13/h7-8H,3-6H2,1-2H3,(H2,14,15). The van der Waals surface area contributed by atoms with Gasteiger partial charge >= 0.3 is 6.18 Å². The molecule has 0 unspecified atom stereocenters. The molecule has 6 heteroatoms. The first-order valence-electron chi connectivity index (χ1n) is 5.43. The Morgan fingerprint density at radius 3 is 2.38 bits per heavy atom. The Morgan fingerprint density at radius 2 is 2.00 bits per heavy atom. The number of hydrogen-bond acceptors (Lipinski definition) is 1. The van der Waals surface area contributed by atoms with E-state index in [4.69, 9.17) is 5.73 Å². The van der Waals surface area contributed by atoms with Gasteiger partial charge in [-0.1, -0.05) is 13.8 Å². The zero-order valence-corrected chi connectivity index (χ0v) is 9.59. The average Bonchev–Trinajstić information content (AvgIpc) is 2.91. The van der Waals surface area contributed by atoms with Crippen molar-refractivity contribution in [3.05, 3.63) is 0 Å². The fourth-order valence-corrected chi connectivity index (χ4v) is 1.34. The van der Waals surface area contributed by atoms with E-state index in [2.05, 4.69) is 4.99 Å². The van der Waals surface area contributed by atoms with Crippen LogP contribution in [0.25, 0.3) is 0 Å². The molecule has 0 radical (unpaired) electrons. The zero-order valence-electron chi connectivity index (χ0n) is 9.59. The van der Waals surface area contributed by atoms with Gasteiger partial charge in [0.15, 0.2) is 5.96 Å². The van der Waals surface area contributed by atoms with Crippen molar-refractivity contribution in [1.82, 2.24) is 4.90 Å². The van der Waals surface area contributed by atoms with Crippen LogP contribution in [0.2, 0.25) is 0 Å². The molecule has 1 fully saturated rings. The molecule has 0 amide bonds. The normalized spacial score (nSPS) is 18.0. The predicted molar refractivity (Wildman–Crippen MR) is 57.1 cm³/mol. The highest BCUT2D eigenvalue weighted by atomic mass is 19.4. The number of guanidine groups is 1. The van der Waals surface area contributed by atoms with Crippen molar-refractivity contribution in [2.24, 2.45) is 16.6 Å². The van der Waals surface area contributed by atoms with Crippen LogP contribution in [0.4, 0.5) is 13.2 Å². The van der Waals surface area contributed by atoms with Crippen LogP contribution in [-0.4, -0.2) is 36.2 Å². The highest BCUT2D eigenvalue weighted by Gasteiger charge is 2.39. The lowest BCUT2D eigenvalue weighted by atomic mass is 10.2. The molecule has 0 saturated heterocycles. The van der Waals surface area contributed by atoms with Gasteiger partial charge in [0, 0.05) is 12.6 Å². The summed E-state index contributed by atoms with van der Waals surface area (Å²) in [5, 5.41) is 0. The molecule has 0 heterocycles. The van der Waals surface area contributed by atoms with E-state index in [0.717, 1.165) is 12.8 Å². The lowest BCUT2D eigenvalue weighted by Crippen LogP contribution is -2.44. The SMILES string of the molecule is CC(C)CN=C(N)N(CC(F)(F)F)C1CC1. The first kappa shape index (κ1) is 13.1. The van der Waals surface area contributed by atoms with Crippen molar-refractivity contribution >= 4 is 5.96 Å². The van der Waals surface area contributed by atoms with Gasteiger partial charge in [0.1, 0.15) is 6.54 Å². The third kappa shape index (κ3) is 4.72. The van der Waals surface area contributed by atoms with Crippen LogP contribution in [-0.2, 0) is 0 Å². The highest BCUT2D eigenvalue weighted by molar-refractivity contribution is 5.78. The largest absolute Gasteiger partial charge is 0.406 e. The fraction of sp³-hybridized carbons (Fsp3) is 0.900. The van der Waals surface area contributed by atoms with Crippen molar-refractivity contribution in [3.63, 3.8) is 0 Å². The molecule has 0 bridgehead atoms. The Hall–Kier alpha value is -0.940. The van der Waals surface area contributed by atoms with E-state index < -0.39 is 12.7 Å². The maximum Gasteiger partial charge on any atom is 0.406 e. The van der Waals surface area contributed by atoms with E-state index in [1.54, 1.807) is 0 Å². The molecule has 0 aromatic heterocycles. The van der Waals surface area contributed by atoms with E-state index in [1.165, 1.54) is 4.90 Å². The molecule has 1 rings (SSSR count). The summed E-state index contributed by atoms with van der Waals surface area (Å²) >= 11 is 0. The maximum atomic E-state index is 12.3. The summed E-state index contributed by atoms with van der Waals surface area (Å²) in [7, 11) is 0. The van der Waals surface area contributed by atoms with Gasteiger partial charge in [-0.25, -0.2) is 0 Å². The second-order valence-electron chi connectivity index (χ2n) is 4.57. The summed E-state index contributed by atoms with van der Waals surface area (Å²) in [5.41, 5.74) is 5.59. The van der Waals surface area contributed by atoms with Crippen molar-refractivity contribution < 1.29 is 13.2 Å². The molecule has 1 aliphatic rings. The molecule has 2 N–H and O–H groups in total. The Balaban J connectivity index is 2.59. The number of rotatable bonds is 4. The minimum absolute atomic E-state index is 0.0218. The van der Waals surface area contributed by atoms with Crippen LogP contribution >= 0.6 is 0 Å². The number of alkyl halides is 3. The van der Waals surface area contributed by atoms with E-state index >= 15 is 0 Å². The summed E-state index contributed by atoms with van der Waals surface area (Å²) in [4.78, 5) is 5.16. The van der Waals surface area contributed by atoms with Gasteiger partial charge in [0.2, 0.25) is 0 Å². The van der Waals surface area contributed by atoms with Gasteiger partial charge in [-0.3, -0.25) is 4.99 Å². The van der Waals surface area contributed by atoms with Crippen molar-refractivity contribution in [3.8, 4) is 0 Å². The maximum absolute atomic E-state index is 12.3. The fourth-order valence-electron chi connectivity index (χ4n) is 1.34. The number of nitrogens with two attached hydrogens (primary N) is 1. The van der Waals surface area contributed by atoms with Crippen LogP contribution in [0.1, 0.15) is 26.7 Å². The second-order valence-corrected chi connectivity index (χ2v) is 4.57. The first-order chi connectivity index (χ1) is 7.29. The van der Waals surface area contributed by atoms with Gasteiger partial charge < -0.3 is 10.6 Å². The topological polar surface area (TPSA) is 41.6 Å². The molecule has 0 aliphatic heterocycles. The summed E-state index contributed by atoms with van der Waals surface area (Å²) in [6, 6.07) is -0.0717. The molecule has 1 aliphatic carbocycles. The molecule has 16 heavy (non-hydrogen) atoms. The van der Waals surface area contributed by atoms with Gasteiger partial charge in [0.05, 0.1) is 0 Å². The lowest BCUT2D eigenvalue weighted by Gasteiger charge is -2.24. The Kier molecular flexibility index (Phi) is 4.04. The van der Waals surface area contributed by atoms with Crippen LogP contribution < -0.4 is 5.73 Å². The average molecular weight is 237 g/mol. The van der Waals surface area contributed by atoms with Crippen LogP contribution in [0.5, 0.6) is 0 Å². The van der Waals surface area contributed by atoms with Crippen molar-refractivity contribution in [2.45, 2.75) is 38.9 Å². The van der Waals surface area contributed by atoms with E-state index in [0.29, 0.717) is 12.5 Å². The summed E-state index contributed by atoms with van der Waals surface area (Å²) in [6.07, 6.45) is -2.68. The molecular formula is C10H18F3N3. The van der Waals surface area contributed by atoms with Crippen molar-refractivity contribution in [1.29, 1.82) is 0 Å². The number of halogens is 3. The summed E-state index contributed by atoms with van der Waals surface area (Å²) in [6.45, 7) is 3.36. The lowest BCUT2D eigenvalue weighted by molar-refractivity contribution is -0.138. The molecule has 0 atom stereocenters. The summed E-state index contributed by atoms with van der Waals surface area (Å²) < 4.78 is 36.9.